The van der Waals surface area contributed by atoms with Crippen LogP contribution in [0.5, 0.6) is 0 Å². The van der Waals surface area contributed by atoms with E-state index >= 15 is 0 Å². The Bertz CT molecular complexity index is 498. The zero-order valence-electron chi connectivity index (χ0n) is 12.7. The second-order valence-corrected chi connectivity index (χ2v) is 6.05. The molecule has 1 N–H and O–H groups in total. The molecule has 1 aromatic carbocycles. The number of likely N-dealkylation sites (tertiary alicyclic amines) is 1. The minimum atomic E-state index is -0.887. The van der Waals surface area contributed by atoms with Crippen LogP contribution in [0.1, 0.15) is 44.6 Å². The Kier molecular flexibility index (Phi) is 4.99. The number of aliphatic carboxylic acids is 1. The first-order valence-electron chi connectivity index (χ1n) is 7.58. The number of carbonyl (C=O) groups excluding carboxylic acids is 1. The quantitative estimate of drug-likeness (QED) is 0.906. The number of carboxylic acid groups (broad SMARTS) is 1. The van der Waals surface area contributed by atoms with Crippen molar-refractivity contribution in [3.63, 3.8) is 0 Å². The standard InChI is InChI=1S/C17H23NO3/c1-12(2)14(13-7-4-3-5-8-13)11-16(19)18-10-6-9-15(18)17(20)21/h3-5,7-8,12,14-15H,6,9-11H2,1-2H3,(H,20,21). The molecule has 1 fully saturated rings. The fourth-order valence-electron chi connectivity index (χ4n) is 3.07. The van der Waals surface area contributed by atoms with Crippen molar-refractivity contribution in [3.05, 3.63) is 35.9 Å². The summed E-state index contributed by atoms with van der Waals surface area (Å²) in [7, 11) is 0. The van der Waals surface area contributed by atoms with E-state index in [1.165, 1.54) is 0 Å². The van der Waals surface area contributed by atoms with Gasteiger partial charge in [0.15, 0.2) is 0 Å². The molecule has 1 aromatic rings. The summed E-state index contributed by atoms with van der Waals surface area (Å²) in [6.45, 7) is 4.77. The number of benzene rings is 1. The molecule has 0 aliphatic carbocycles. The third-order valence-electron chi connectivity index (χ3n) is 4.29. The van der Waals surface area contributed by atoms with E-state index in [4.69, 9.17) is 0 Å². The molecule has 2 atom stereocenters. The minimum absolute atomic E-state index is 0.0394. The predicted octanol–water partition coefficient (Wildman–Crippen LogP) is 2.89. The minimum Gasteiger partial charge on any atom is -0.480 e. The van der Waals surface area contributed by atoms with E-state index in [1.54, 1.807) is 4.90 Å². The number of carbonyl (C=O) groups is 2. The van der Waals surface area contributed by atoms with Crippen LogP contribution in [0.3, 0.4) is 0 Å². The Hall–Kier alpha value is -1.84. The van der Waals surface area contributed by atoms with Crippen LogP contribution in [0.25, 0.3) is 0 Å². The molecule has 1 aliphatic rings. The van der Waals surface area contributed by atoms with Gasteiger partial charge in [-0.15, -0.1) is 0 Å². The Balaban J connectivity index is 2.10. The zero-order chi connectivity index (χ0) is 15.4. The maximum atomic E-state index is 12.5. The third kappa shape index (κ3) is 3.63. The van der Waals surface area contributed by atoms with Gasteiger partial charge in [-0.3, -0.25) is 4.79 Å². The lowest BCUT2D eigenvalue weighted by Gasteiger charge is -2.26. The highest BCUT2D eigenvalue weighted by atomic mass is 16.4. The van der Waals surface area contributed by atoms with Crippen molar-refractivity contribution in [2.24, 2.45) is 5.92 Å². The van der Waals surface area contributed by atoms with E-state index < -0.39 is 12.0 Å². The van der Waals surface area contributed by atoms with Gasteiger partial charge in [0.2, 0.25) is 5.91 Å². The van der Waals surface area contributed by atoms with Crippen LogP contribution in [0.15, 0.2) is 30.3 Å². The van der Waals surface area contributed by atoms with Crippen molar-refractivity contribution in [2.45, 2.75) is 45.1 Å². The van der Waals surface area contributed by atoms with Gasteiger partial charge in [0.25, 0.3) is 0 Å². The molecule has 114 valence electrons. The Morgan fingerprint density at radius 3 is 2.52 bits per heavy atom. The lowest BCUT2D eigenvalue weighted by atomic mass is 9.85. The molecule has 0 bridgehead atoms. The molecule has 1 amide bonds. The number of carboxylic acids is 1. The normalized spacial score (nSPS) is 19.8. The fourth-order valence-corrected chi connectivity index (χ4v) is 3.07. The molecule has 1 heterocycles. The molecule has 21 heavy (non-hydrogen) atoms. The molecule has 0 saturated carbocycles. The van der Waals surface area contributed by atoms with Gasteiger partial charge >= 0.3 is 5.97 Å². The first-order chi connectivity index (χ1) is 10.0. The van der Waals surface area contributed by atoms with Crippen molar-refractivity contribution in [1.29, 1.82) is 0 Å². The number of amides is 1. The number of nitrogens with zero attached hydrogens (tertiary/aromatic N) is 1. The third-order valence-corrected chi connectivity index (χ3v) is 4.29. The monoisotopic (exact) mass is 289 g/mol. The molecule has 0 spiro atoms. The Labute approximate surface area is 125 Å². The average Bonchev–Trinajstić information content (AvgIpc) is 2.94. The lowest BCUT2D eigenvalue weighted by molar-refractivity contribution is -0.148. The topological polar surface area (TPSA) is 57.6 Å². The molecule has 4 heteroatoms. The van der Waals surface area contributed by atoms with E-state index in [0.717, 1.165) is 12.0 Å². The zero-order valence-corrected chi connectivity index (χ0v) is 12.7. The van der Waals surface area contributed by atoms with Gasteiger partial charge in [0.05, 0.1) is 0 Å². The van der Waals surface area contributed by atoms with E-state index in [-0.39, 0.29) is 11.8 Å². The summed E-state index contributed by atoms with van der Waals surface area (Å²) in [6.07, 6.45) is 1.73. The van der Waals surface area contributed by atoms with Gasteiger partial charge in [-0.05, 0) is 30.2 Å². The second-order valence-electron chi connectivity index (χ2n) is 6.05. The van der Waals surface area contributed by atoms with E-state index in [2.05, 4.69) is 13.8 Å². The SMILES string of the molecule is CC(C)C(CC(=O)N1CCCC1C(=O)O)c1ccccc1. The fraction of sp³-hybridized carbons (Fsp3) is 0.529. The molecule has 1 aliphatic heterocycles. The smallest absolute Gasteiger partial charge is 0.326 e. The molecular formula is C17H23NO3. The molecule has 4 nitrogen and oxygen atoms in total. The van der Waals surface area contributed by atoms with Crippen molar-refractivity contribution < 1.29 is 14.7 Å². The van der Waals surface area contributed by atoms with Crippen molar-refractivity contribution in [1.82, 2.24) is 4.90 Å². The molecule has 2 unspecified atom stereocenters. The van der Waals surface area contributed by atoms with Crippen molar-refractivity contribution >= 4 is 11.9 Å². The maximum absolute atomic E-state index is 12.5. The van der Waals surface area contributed by atoms with Crippen LogP contribution in [-0.2, 0) is 9.59 Å². The number of rotatable bonds is 5. The number of hydrogen-bond donors (Lipinski definition) is 1. The van der Waals surface area contributed by atoms with Gasteiger partial charge < -0.3 is 10.0 Å². The summed E-state index contributed by atoms with van der Waals surface area (Å²) >= 11 is 0. The predicted molar refractivity (Wildman–Crippen MR) is 81.0 cm³/mol. The molecule has 0 radical (unpaired) electrons. The van der Waals surface area contributed by atoms with Crippen LogP contribution >= 0.6 is 0 Å². The van der Waals surface area contributed by atoms with Gasteiger partial charge in [0.1, 0.15) is 6.04 Å². The van der Waals surface area contributed by atoms with Gasteiger partial charge in [-0.25, -0.2) is 4.79 Å². The van der Waals surface area contributed by atoms with Crippen molar-refractivity contribution in [3.8, 4) is 0 Å². The first kappa shape index (κ1) is 15.5. The summed E-state index contributed by atoms with van der Waals surface area (Å²) in [5.74, 6) is -0.458. The highest BCUT2D eigenvalue weighted by Gasteiger charge is 2.35. The van der Waals surface area contributed by atoms with E-state index in [0.29, 0.717) is 25.3 Å². The van der Waals surface area contributed by atoms with E-state index in [1.807, 2.05) is 30.3 Å². The molecule has 0 aromatic heterocycles. The van der Waals surface area contributed by atoms with Gasteiger partial charge in [-0.1, -0.05) is 44.2 Å². The maximum Gasteiger partial charge on any atom is 0.326 e. The highest BCUT2D eigenvalue weighted by molar-refractivity contribution is 5.84. The van der Waals surface area contributed by atoms with Crippen LogP contribution in [0.2, 0.25) is 0 Å². The largest absolute Gasteiger partial charge is 0.480 e. The van der Waals surface area contributed by atoms with E-state index in [9.17, 15) is 14.7 Å². The van der Waals surface area contributed by atoms with Crippen LogP contribution in [0.4, 0.5) is 0 Å². The van der Waals surface area contributed by atoms with Crippen LogP contribution < -0.4 is 0 Å². The lowest BCUT2D eigenvalue weighted by Crippen LogP contribution is -2.41. The van der Waals surface area contributed by atoms with Gasteiger partial charge in [-0.2, -0.15) is 0 Å². The Morgan fingerprint density at radius 1 is 1.29 bits per heavy atom. The summed E-state index contributed by atoms with van der Waals surface area (Å²) < 4.78 is 0. The summed E-state index contributed by atoms with van der Waals surface area (Å²) in [5, 5.41) is 9.20. The summed E-state index contributed by atoms with van der Waals surface area (Å²) in [5.41, 5.74) is 1.15. The molecule has 1 saturated heterocycles. The summed E-state index contributed by atoms with van der Waals surface area (Å²) in [6, 6.07) is 9.36. The van der Waals surface area contributed by atoms with Crippen LogP contribution in [-0.4, -0.2) is 34.5 Å². The molecular weight excluding hydrogens is 266 g/mol. The first-order valence-corrected chi connectivity index (χ1v) is 7.58. The second kappa shape index (κ2) is 6.74. The van der Waals surface area contributed by atoms with Crippen LogP contribution in [0, 0.1) is 5.92 Å². The highest BCUT2D eigenvalue weighted by Crippen LogP contribution is 2.30. The summed E-state index contributed by atoms with van der Waals surface area (Å²) in [4.78, 5) is 25.3. The average molecular weight is 289 g/mol. The van der Waals surface area contributed by atoms with Crippen molar-refractivity contribution in [2.75, 3.05) is 6.54 Å². The Morgan fingerprint density at radius 2 is 1.95 bits per heavy atom. The van der Waals surface area contributed by atoms with Gasteiger partial charge in [0, 0.05) is 13.0 Å². The number of hydrogen-bond acceptors (Lipinski definition) is 2. The molecule has 2 rings (SSSR count).